The molecule has 0 bridgehead atoms. The van der Waals surface area contributed by atoms with Crippen LogP contribution in [-0.2, 0) is 20.9 Å². The van der Waals surface area contributed by atoms with Gasteiger partial charge in [-0.15, -0.1) is 0 Å². The lowest BCUT2D eigenvalue weighted by atomic mass is 9.72. The monoisotopic (exact) mass is 909 g/mol. The number of halogens is 5. The molecule has 2 saturated heterocycles. The predicted octanol–water partition coefficient (Wildman–Crippen LogP) is 9.83. The molecule has 8 rings (SSSR count). The predicted molar refractivity (Wildman–Crippen MR) is 233 cm³/mol. The molecule has 1 aliphatic carbocycles. The van der Waals surface area contributed by atoms with Crippen LogP contribution in [0.3, 0.4) is 0 Å². The Bertz CT molecular complexity index is 2620. The molecule has 0 atom stereocenters. The molecular weight excluding hydrogens is 862 g/mol. The van der Waals surface area contributed by atoms with E-state index in [1.165, 1.54) is 29.0 Å². The second kappa shape index (κ2) is 17.8. The van der Waals surface area contributed by atoms with E-state index in [1.807, 2.05) is 16.9 Å². The van der Waals surface area contributed by atoms with Gasteiger partial charge in [-0.05, 0) is 90.4 Å². The topological polar surface area (TPSA) is 126 Å². The average molecular weight is 910 g/mol. The van der Waals surface area contributed by atoms with Gasteiger partial charge in [0.05, 0.1) is 22.2 Å². The van der Waals surface area contributed by atoms with Crippen LogP contribution in [0.5, 0.6) is 17.2 Å². The van der Waals surface area contributed by atoms with Crippen molar-refractivity contribution in [3.05, 3.63) is 112 Å². The van der Waals surface area contributed by atoms with Crippen molar-refractivity contribution < 1.29 is 45.0 Å². The van der Waals surface area contributed by atoms with Crippen molar-refractivity contribution in [2.24, 2.45) is 5.41 Å². The number of nitrogens with one attached hydrogen (secondary N) is 2. The zero-order valence-corrected chi connectivity index (χ0v) is 36.4. The Morgan fingerprint density at radius 1 is 0.952 bits per heavy atom. The lowest BCUT2D eigenvalue weighted by Crippen LogP contribution is -2.47. The fraction of sp³-hybridized carbons (Fsp3) is 0.391. The number of carbonyl (C=O) groups excluding carboxylic acids is 1. The SMILES string of the molecule is CC1(C)CCC(CN2CCN(c3ccc(C(=O)NS(=O)(=O)c4ccc(OCC5(F)CCOCC5)c(C(F)(F)F)c4)c(Oc4cnc5[nH]ccc5c4)c3)CC2)=C(c2ccc(Cl)cc2)C1. The van der Waals surface area contributed by atoms with Gasteiger partial charge in [-0.1, -0.05) is 43.2 Å². The van der Waals surface area contributed by atoms with E-state index in [4.69, 9.17) is 25.8 Å². The number of allylic oxidation sites excluding steroid dienone is 1. The maximum Gasteiger partial charge on any atom is 0.420 e. The number of sulfonamides is 1. The molecule has 2 fully saturated rings. The summed E-state index contributed by atoms with van der Waals surface area (Å²) in [6.45, 7) is 7.82. The van der Waals surface area contributed by atoms with E-state index in [2.05, 4.69) is 45.7 Å². The van der Waals surface area contributed by atoms with Crippen LogP contribution in [0.1, 0.15) is 67.4 Å². The highest BCUT2D eigenvalue weighted by Gasteiger charge is 2.39. The third-order valence-corrected chi connectivity index (χ3v) is 13.6. The first kappa shape index (κ1) is 44.4. The van der Waals surface area contributed by atoms with Crippen LogP contribution in [0.4, 0.5) is 23.2 Å². The van der Waals surface area contributed by atoms with Gasteiger partial charge in [0.15, 0.2) is 0 Å². The van der Waals surface area contributed by atoms with Crippen LogP contribution in [0.25, 0.3) is 16.6 Å². The maximum atomic E-state index is 15.1. The molecule has 1 amide bonds. The molecule has 11 nitrogen and oxygen atoms in total. The highest BCUT2D eigenvalue weighted by molar-refractivity contribution is 7.90. The molecule has 334 valence electrons. The summed E-state index contributed by atoms with van der Waals surface area (Å²) in [6, 6.07) is 18.4. The number of amides is 1. The lowest BCUT2D eigenvalue weighted by Gasteiger charge is -2.39. The number of benzene rings is 3. The molecule has 63 heavy (non-hydrogen) atoms. The van der Waals surface area contributed by atoms with E-state index < -0.39 is 50.6 Å². The zero-order chi connectivity index (χ0) is 44.6. The number of piperazine rings is 1. The fourth-order valence-electron chi connectivity index (χ4n) is 8.33. The third kappa shape index (κ3) is 10.5. The molecular formula is C46H48ClF4N5O6S. The number of hydrogen-bond acceptors (Lipinski definition) is 9. The van der Waals surface area contributed by atoms with Gasteiger partial charge in [0.2, 0.25) is 0 Å². The van der Waals surface area contributed by atoms with Gasteiger partial charge in [-0.3, -0.25) is 9.69 Å². The molecule has 5 aromatic rings. The number of nitrogens with zero attached hydrogens (tertiary/aromatic N) is 3. The first-order valence-electron chi connectivity index (χ1n) is 20.8. The Hall–Kier alpha value is -5.16. The summed E-state index contributed by atoms with van der Waals surface area (Å²) < 4.78 is 104. The number of aromatic amines is 1. The number of carbonyl (C=O) groups is 1. The molecule has 0 spiro atoms. The summed E-state index contributed by atoms with van der Waals surface area (Å²) in [6.07, 6.45) is 1.08. The Morgan fingerprint density at radius 3 is 2.43 bits per heavy atom. The highest BCUT2D eigenvalue weighted by atomic mass is 35.5. The minimum atomic E-state index is -5.06. The standard InChI is InChI=1S/C46H48ClF4N5O6S/c1-44(2)13-11-32(38(26-44)30-3-5-33(47)6-4-30)28-55-17-19-56(20-18-55)34-7-9-37(41(24-34)62-35-23-31-12-16-52-42(31)53-27-35)43(57)54-63(58,59)36-8-10-40(39(25-36)46(49,50)51)61-29-45(48)14-21-60-22-15-45/h3-10,12,16,23-25,27H,11,13-15,17-22,26,28-29H2,1-2H3,(H,52,53)(H,54,57). The number of fused-ring (bicyclic) bond motifs is 1. The van der Waals surface area contributed by atoms with Gasteiger partial charge < -0.3 is 24.1 Å². The van der Waals surface area contributed by atoms with Gasteiger partial charge in [-0.25, -0.2) is 22.5 Å². The van der Waals surface area contributed by atoms with Crippen molar-refractivity contribution in [1.29, 1.82) is 0 Å². The molecule has 0 radical (unpaired) electrons. The van der Waals surface area contributed by atoms with Crippen LogP contribution in [0, 0.1) is 5.41 Å². The van der Waals surface area contributed by atoms with Crippen LogP contribution < -0.4 is 19.1 Å². The van der Waals surface area contributed by atoms with E-state index in [1.54, 1.807) is 30.5 Å². The van der Waals surface area contributed by atoms with E-state index in [0.717, 1.165) is 62.1 Å². The van der Waals surface area contributed by atoms with Crippen molar-refractivity contribution in [2.45, 2.75) is 62.7 Å². The fourth-order valence-corrected chi connectivity index (χ4v) is 9.45. The van der Waals surface area contributed by atoms with Crippen LogP contribution in [0.15, 0.2) is 95.7 Å². The van der Waals surface area contributed by atoms with Crippen molar-refractivity contribution in [3.8, 4) is 17.2 Å². The second-order valence-electron chi connectivity index (χ2n) is 17.2. The van der Waals surface area contributed by atoms with Gasteiger partial charge in [0.25, 0.3) is 15.9 Å². The number of pyridine rings is 1. The zero-order valence-electron chi connectivity index (χ0n) is 34.9. The number of rotatable bonds is 12. The molecule has 0 unspecified atom stereocenters. The molecule has 0 saturated carbocycles. The Labute approximate surface area is 368 Å². The minimum Gasteiger partial charge on any atom is -0.490 e. The second-order valence-corrected chi connectivity index (χ2v) is 19.3. The molecule has 2 N–H and O–H groups in total. The van der Waals surface area contributed by atoms with Crippen molar-refractivity contribution in [2.75, 3.05) is 57.4 Å². The summed E-state index contributed by atoms with van der Waals surface area (Å²) in [5.74, 6) is -1.60. The number of H-pyrrole nitrogens is 1. The Kier molecular flexibility index (Phi) is 12.5. The van der Waals surface area contributed by atoms with Crippen LogP contribution in [-0.4, -0.2) is 87.4 Å². The molecule has 3 aromatic carbocycles. The van der Waals surface area contributed by atoms with Crippen molar-refractivity contribution >= 4 is 49.8 Å². The number of ether oxygens (including phenoxy) is 3. The van der Waals surface area contributed by atoms with Crippen molar-refractivity contribution in [1.82, 2.24) is 19.6 Å². The summed E-state index contributed by atoms with van der Waals surface area (Å²) >= 11 is 6.22. The maximum absolute atomic E-state index is 15.1. The first-order valence-corrected chi connectivity index (χ1v) is 22.7. The third-order valence-electron chi connectivity index (χ3n) is 12.0. The lowest BCUT2D eigenvalue weighted by molar-refractivity contribution is -0.139. The smallest absolute Gasteiger partial charge is 0.420 e. The van der Waals surface area contributed by atoms with Gasteiger partial charge in [0.1, 0.15) is 35.2 Å². The molecule has 2 aliphatic heterocycles. The first-order chi connectivity index (χ1) is 29.9. The molecule has 4 heterocycles. The highest BCUT2D eigenvalue weighted by Crippen LogP contribution is 2.44. The number of alkyl halides is 4. The largest absolute Gasteiger partial charge is 0.490 e. The average Bonchev–Trinajstić information content (AvgIpc) is 3.72. The van der Waals surface area contributed by atoms with Gasteiger partial charge in [0, 0.05) is 87.1 Å². The van der Waals surface area contributed by atoms with E-state index in [-0.39, 0.29) is 48.5 Å². The quantitative estimate of drug-likeness (QED) is 0.118. The summed E-state index contributed by atoms with van der Waals surface area (Å²) in [5, 5.41) is 1.43. The number of hydrogen-bond donors (Lipinski definition) is 2. The van der Waals surface area contributed by atoms with E-state index >= 15 is 4.39 Å². The number of anilines is 1. The van der Waals surface area contributed by atoms with Crippen molar-refractivity contribution in [3.63, 3.8) is 0 Å². The molecule has 17 heteroatoms. The molecule has 3 aliphatic rings. The minimum absolute atomic E-state index is 0.00916. The van der Waals surface area contributed by atoms with Crippen LogP contribution in [0.2, 0.25) is 5.02 Å². The normalized spacial score (nSPS) is 18.4. The Morgan fingerprint density at radius 2 is 1.70 bits per heavy atom. The summed E-state index contributed by atoms with van der Waals surface area (Å²) in [7, 11) is -4.89. The van der Waals surface area contributed by atoms with Gasteiger partial charge in [-0.2, -0.15) is 13.2 Å². The van der Waals surface area contributed by atoms with Gasteiger partial charge >= 0.3 is 6.18 Å². The van der Waals surface area contributed by atoms with E-state index in [9.17, 15) is 26.4 Å². The summed E-state index contributed by atoms with van der Waals surface area (Å²) in [5.41, 5.74) is 2.00. The van der Waals surface area contributed by atoms with Crippen LogP contribution >= 0.6 is 11.6 Å². The number of aromatic nitrogens is 2. The summed E-state index contributed by atoms with van der Waals surface area (Å²) in [4.78, 5) is 25.0. The van der Waals surface area contributed by atoms with E-state index in [0.29, 0.717) is 29.8 Å². The Balaban J connectivity index is 1.01. The molecule has 2 aromatic heterocycles.